The van der Waals surface area contributed by atoms with Crippen molar-refractivity contribution in [1.29, 1.82) is 0 Å². The van der Waals surface area contributed by atoms with Gasteiger partial charge >= 0.3 is 5.97 Å². The minimum atomic E-state index is -0.836. The van der Waals surface area contributed by atoms with Crippen molar-refractivity contribution < 1.29 is 23.8 Å². The molecule has 1 N–H and O–H groups in total. The Labute approximate surface area is 173 Å². The summed E-state index contributed by atoms with van der Waals surface area (Å²) in [7, 11) is 1.53. The summed E-state index contributed by atoms with van der Waals surface area (Å²) in [5, 5.41) is 17.3. The molecule has 0 bridgehead atoms. The molecule has 1 heterocycles. The maximum Gasteiger partial charge on any atom is 0.303 e. The van der Waals surface area contributed by atoms with Crippen molar-refractivity contribution in [3.8, 4) is 17.2 Å². The minimum absolute atomic E-state index is 0.0652. The van der Waals surface area contributed by atoms with Crippen molar-refractivity contribution in [1.82, 2.24) is 15.0 Å². The van der Waals surface area contributed by atoms with Crippen LogP contribution in [0.15, 0.2) is 42.5 Å². The number of hydrogen-bond acceptors (Lipinski definition) is 5. The molecule has 1 fully saturated rings. The highest BCUT2D eigenvalue weighted by atomic mass is 19.1. The molecule has 7 nitrogen and oxygen atoms in total. The number of hydrogen-bond donors (Lipinski definition) is 1. The number of carboxylic acid groups (broad SMARTS) is 1. The molecule has 156 valence electrons. The van der Waals surface area contributed by atoms with E-state index < -0.39 is 11.8 Å². The Morgan fingerprint density at radius 2 is 2.07 bits per heavy atom. The van der Waals surface area contributed by atoms with Crippen LogP contribution in [0, 0.1) is 5.82 Å². The third-order valence-corrected chi connectivity index (χ3v) is 5.03. The van der Waals surface area contributed by atoms with Gasteiger partial charge in [-0.3, -0.25) is 4.79 Å². The molecule has 1 saturated carbocycles. The summed E-state index contributed by atoms with van der Waals surface area (Å²) in [6.45, 7) is 0.194. The van der Waals surface area contributed by atoms with E-state index in [4.69, 9.17) is 14.6 Å². The van der Waals surface area contributed by atoms with Gasteiger partial charge in [0.15, 0.2) is 0 Å². The van der Waals surface area contributed by atoms with Gasteiger partial charge < -0.3 is 14.6 Å². The highest BCUT2D eigenvalue weighted by Crippen LogP contribution is 2.42. The number of benzene rings is 2. The fraction of sp³-hybridized carbons (Fsp3) is 0.318. The monoisotopic (exact) mass is 411 g/mol. The first-order chi connectivity index (χ1) is 14.5. The van der Waals surface area contributed by atoms with Crippen LogP contribution in [0.2, 0.25) is 0 Å². The van der Waals surface area contributed by atoms with E-state index in [2.05, 4.69) is 10.3 Å². The predicted molar refractivity (Wildman–Crippen MR) is 107 cm³/mol. The Balaban J connectivity index is 1.55. The van der Waals surface area contributed by atoms with Crippen LogP contribution in [0.4, 0.5) is 4.39 Å². The molecule has 1 aliphatic rings. The molecule has 0 saturated heterocycles. The van der Waals surface area contributed by atoms with Crippen LogP contribution < -0.4 is 9.47 Å². The van der Waals surface area contributed by atoms with Gasteiger partial charge in [-0.1, -0.05) is 17.3 Å². The Hall–Kier alpha value is -3.42. The second-order valence-corrected chi connectivity index (χ2v) is 7.25. The van der Waals surface area contributed by atoms with E-state index in [0.29, 0.717) is 29.3 Å². The summed E-state index contributed by atoms with van der Waals surface area (Å²) in [4.78, 5) is 10.8. The fourth-order valence-corrected chi connectivity index (χ4v) is 3.34. The maximum absolute atomic E-state index is 14.5. The number of carboxylic acids is 1. The predicted octanol–water partition coefficient (Wildman–Crippen LogP) is 3.89. The third-order valence-electron chi connectivity index (χ3n) is 5.03. The summed E-state index contributed by atoms with van der Waals surface area (Å²) >= 11 is 0. The second-order valence-electron chi connectivity index (χ2n) is 7.25. The largest absolute Gasteiger partial charge is 0.497 e. The molecule has 0 amide bonds. The zero-order chi connectivity index (χ0) is 21.1. The number of rotatable bonds is 9. The highest BCUT2D eigenvalue weighted by Gasteiger charge is 2.32. The van der Waals surface area contributed by atoms with Crippen molar-refractivity contribution in [2.45, 2.75) is 38.2 Å². The van der Waals surface area contributed by atoms with Gasteiger partial charge in [0.25, 0.3) is 0 Å². The molecule has 8 heteroatoms. The molecule has 4 rings (SSSR count). The molecule has 2 aromatic carbocycles. The van der Waals surface area contributed by atoms with Gasteiger partial charge in [-0.05, 0) is 49.1 Å². The Morgan fingerprint density at radius 3 is 2.80 bits per heavy atom. The lowest BCUT2D eigenvalue weighted by Crippen LogP contribution is -2.06. The second kappa shape index (κ2) is 8.52. The summed E-state index contributed by atoms with van der Waals surface area (Å²) in [5.74, 6) is 0.199. The number of ether oxygens (including phenoxy) is 2. The zero-order valence-corrected chi connectivity index (χ0v) is 16.5. The third kappa shape index (κ3) is 4.42. The van der Waals surface area contributed by atoms with Crippen LogP contribution in [0.5, 0.6) is 11.5 Å². The first-order valence-electron chi connectivity index (χ1n) is 9.77. The van der Waals surface area contributed by atoms with Crippen LogP contribution in [-0.4, -0.2) is 33.2 Å². The standard InChI is InChI=1S/C22H22FN3O4/c1-29-16-8-9-18(23)20(12-16)26-22(15-6-7-15)19(24-25-26)13-30-17-4-2-3-14(11-17)5-10-21(27)28/h2-4,8-9,11-12,15H,5-7,10,13H2,1H3,(H,27,28). The normalized spacial score (nSPS) is 13.3. The first kappa shape index (κ1) is 19.9. The van der Waals surface area contributed by atoms with Crippen LogP contribution in [-0.2, 0) is 17.8 Å². The number of aromatic nitrogens is 3. The molecule has 0 unspecified atom stereocenters. The Bertz CT molecular complexity index is 1060. The number of halogens is 1. The summed E-state index contributed by atoms with van der Waals surface area (Å²) in [6, 6.07) is 11.9. The van der Waals surface area contributed by atoms with E-state index in [1.807, 2.05) is 24.3 Å². The summed E-state index contributed by atoms with van der Waals surface area (Å²) < 4.78 is 27.1. The zero-order valence-electron chi connectivity index (χ0n) is 16.5. The average Bonchev–Trinajstić information content (AvgIpc) is 3.50. The van der Waals surface area contributed by atoms with E-state index >= 15 is 0 Å². The van der Waals surface area contributed by atoms with Crippen molar-refractivity contribution in [3.05, 3.63) is 65.2 Å². The fourth-order valence-electron chi connectivity index (χ4n) is 3.34. The molecule has 1 aliphatic carbocycles. The smallest absolute Gasteiger partial charge is 0.303 e. The molecule has 30 heavy (non-hydrogen) atoms. The number of nitrogens with zero attached hydrogens (tertiary/aromatic N) is 3. The van der Waals surface area contributed by atoms with Gasteiger partial charge in [0, 0.05) is 18.4 Å². The Morgan fingerprint density at radius 1 is 1.23 bits per heavy atom. The van der Waals surface area contributed by atoms with Gasteiger partial charge in [-0.25, -0.2) is 9.07 Å². The first-order valence-corrected chi connectivity index (χ1v) is 9.77. The molecular weight excluding hydrogens is 389 g/mol. The average molecular weight is 411 g/mol. The lowest BCUT2D eigenvalue weighted by atomic mass is 10.1. The van der Waals surface area contributed by atoms with Gasteiger partial charge in [0.1, 0.15) is 35.3 Å². The van der Waals surface area contributed by atoms with Crippen molar-refractivity contribution in [2.75, 3.05) is 7.11 Å². The van der Waals surface area contributed by atoms with E-state index in [-0.39, 0.29) is 18.9 Å². The Kier molecular flexibility index (Phi) is 5.65. The summed E-state index contributed by atoms with van der Waals surface area (Å²) in [6.07, 6.45) is 2.49. The molecular formula is C22H22FN3O4. The quantitative estimate of drug-likeness (QED) is 0.575. The number of carbonyl (C=O) groups is 1. The molecule has 0 radical (unpaired) electrons. The van der Waals surface area contributed by atoms with Crippen molar-refractivity contribution >= 4 is 5.97 Å². The minimum Gasteiger partial charge on any atom is -0.497 e. The molecule has 0 spiro atoms. The maximum atomic E-state index is 14.5. The van der Waals surface area contributed by atoms with Crippen LogP contribution >= 0.6 is 0 Å². The topological polar surface area (TPSA) is 86.5 Å². The lowest BCUT2D eigenvalue weighted by molar-refractivity contribution is -0.136. The molecule has 1 aromatic heterocycles. The number of methoxy groups -OCH3 is 1. The van der Waals surface area contributed by atoms with Gasteiger partial charge in [0.2, 0.25) is 0 Å². The SMILES string of the molecule is COc1ccc(F)c(-n2nnc(COc3cccc(CCC(=O)O)c3)c2C2CC2)c1. The van der Waals surface area contributed by atoms with E-state index in [9.17, 15) is 9.18 Å². The molecule has 0 atom stereocenters. The van der Waals surface area contributed by atoms with Crippen molar-refractivity contribution in [3.63, 3.8) is 0 Å². The highest BCUT2D eigenvalue weighted by molar-refractivity contribution is 5.67. The summed E-state index contributed by atoms with van der Waals surface area (Å²) in [5.41, 5.74) is 2.70. The van der Waals surface area contributed by atoms with Crippen LogP contribution in [0.3, 0.4) is 0 Å². The van der Waals surface area contributed by atoms with Gasteiger partial charge in [-0.15, -0.1) is 5.10 Å². The van der Waals surface area contributed by atoms with Gasteiger partial charge in [0.05, 0.1) is 12.8 Å². The van der Waals surface area contributed by atoms with Gasteiger partial charge in [-0.2, -0.15) is 0 Å². The lowest BCUT2D eigenvalue weighted by Gasteiger charge is -2.11. The molecule has 3 aromatic rings. The van der Waals surface area contributed by atoms with Crippen LogP contribution in [0.1, 0.15) is 42.1 Å². The van der Waals surface area contributed by atoms with E-state index in [1.165, 1.54) is 17.9 Å². The van der Waals surface area contributed by atoms with E-state index in [0.717, 1.165) is 24.1 Å². The number of aliphatic carboxylic acids is 1. The van der Waals surface area contributed by atoms with E-state index in [1.54, 1.807) is 12.1 Å². The molecule has 0 aliphatic heterocycles. The number of aryl methyl sites for hydroxylation is 1. The van der Waals surface area contributed by atoms with Crippen LogP contribution in [0.25, 0.3) is 5.69 Å². The van der Waals surface area contributed by atoms with Crippen molar-refractivity contribution in [2.24, 2.45) is 0 Å².